The molecule has 2 aromatic rings. The van der Waals surface area contributed by atoms with E-state index in [9.17, 15) is 10.1 Å². The molecule has 1 aromatic carbocycles. The molecule has 1 heterocycles. The molecule has 0 aliphatic rings. The molecule has 0 radical (unpaired) electrons. The predicted molar refractivity (Wildman–Crippen MR) is 65.9 cm³/mol. The largest absolute Gasteiger partial charge is 0.338 e. The lowest BCUT2D eigenvalue weighted by atomic mass is 10.2. The van der Waals surface area contributed by atoms with Crippen LogP contribution >= 0.6 is 0 Å². The van der Waals surface area contributed by atoms with Gasteiger partial charge in [-0.3, -0.25) is 10.1 Å². The van der Waals surface area contributed by atoms with Gasteiger partial charge >= 0.3 is 0 Å². The zero-order valence-corrected chi connectivity index (χ0v) is 10.1. The second kappa shape index (κ2) is 5.34. The number of hydrogen-bond acceptors (Lipinski definition) is 9. The molecular weight excluding hydrogens is 278 g/mol. The summed E-state index contributed by atoms with van der Waals surface area (Å²) < 4.78 is 4.48. The lowest BCUT2D eigenvalue weighted by Gasteiger charge is -2.05. The van der Waals surface area contributed by atoms with Crippen LogP contribution in [0.1, 0.15) is 0 Å². The quantitative estimate of drug-likeness (QED) is 0.496. The molecule has 1 N–H and O–H groups in total. The smallest absolute Gasteiger partial charge is 0.295 e. The van der Waals surface area contributed by atoms with Gasteiger partial charge in [-0.15, -0.1) is 0 Å². The molecule has 0 fully saturated rings. The number of rotatable bonds is 3. The standard InChI is InChI=1S/C11H3N7O3/c12-3-6(4-13)8(5-14)15-11-9(18(19)20)2-1-7-10(11)17-21-16-7/h1-2,15H. The zero-order valence-electron chi connectivity index (χ0n) is 10.1. The van der Waals surface area contributed by atoms with E-state index in [0.717, 1.165) is 6.07 Å². The highest BCUT2D eigenvalue weighted by Crippen LogP contribution is 2.32. The molecule has 0 unspecified atom stereocenters. The SMILES string of the molecule is N#CC(C#N)=C(C#N)Nc1c([N+](=O)[O-])ccc2nonc12. The summed E-state index contributed by atoms with van der Waals surface area (Å²) in [5.41, 5.74) is -1.30. The number of nitro benzene ring substituents is 1. The number of allylic oxidation sites excluding steroid dienone is 2. The molecule has 10 heteroatoms. The van der Waals surface area contributed by atoms with E-state index in [-0.39, 0.29) is 16.7 Å². The van der Waals surface area contributed by atoms with Gasteiger partial charge in [-0.05, 0) is 16.4 Å². The third-order valence-corrected chi connectivity index (χ3v) is 2.44. The lowest BCUT2D eigenvalue weighted by molar-refractivity contribution is -0.383. The topological polar surface area (TPSA) is 165 Å². The Balaban J connectivity index is 2.69. The summed E-state index contributed by atoms with van der Waals surface area (Å²) in [7, 11) is 0. The molecule has 100 valence electrons. The highest BCUT2D eigenvalue weighted by Gasteiger charge is 2.22. The molecule has 0 bridgehead atoms. The Bertz CT molecular complexity index is 875. The fraction of sp³-hybridized carbons (Fsp3) is 0. The summed E-state index contributed by atoms with van der Waals surface area (Å²) in [5.74, 6) is 0. The maximum absolute atomic E-state index is 11.0. The summed E-state index contributed by atoms with van der Waals surface area (Å²) in [5, 5.41) is 46.9. The van der Waals surface area contributed by atoms with Crippen molar-refractivity contribution in [1.29, 1.82) is 15.8 Å². The third-order valence-electron chi connectivity index (χ3n) is 2.44. The average Bonchev–Trinajstić information content (AvgIpc) is 2.95. The number of benzene rings is 1. The van der Waals surface area contributed by atoms with Crippen molar-refractivity contribution >= 4 is 22.4 Å². The molecule has 0 aliphatic heterocycles. The fourth-order valence-corrected chi connectivity index (χ4v) is 1.52. The van der Waals surface area contributed by atoms with E-state index in [1.807, 2.05) is 0 Å². The van der Waals surface area contributed by atoms with Crippen LogP contribution in [-0.4, -0.2) is 15.2 Å². The van der Waals surface area contributed by atoms with Crippen LogP contribution < -0.4 is 5.32 Å². The van der Waals surface area contributed by atoms with Crippen LogP contribution in [0.15, 0.2) is 28.0 Å². The first-order valence-corrected chi connectivity index (χ1v) is 5.23. The number of nitro groups is 1. The number of nitrogens with zero attached hydrogens (tertiary/aromatic N) is 6. The van der Waals surface area contributed by atoms with Crippen molar-refractivity contribution in [3.05, 3.63) is 33.5 Å². The van der Waals surface area contributed by atoms with E-state index in [1.54, 1.807) is 6.07 Å². The van der Waals surface area contributed by atoms with Gasteiger partial charge in [-0.1, -0.05) is 0 Å². The number of anilines is 1. The van der Waals surface area contributed by atoms with Gasteiger partial charge in [0, 0.05) is 6.07 Å². The second-order valence-electron chi connectivity index (χ2n) is 3.56. The Labute approximate surface area is 116 Å². The van der Waals surface area contributed by atoms with Crippen LogP contribution in [-0.2, 0) is 0 Å². The molecule has 0 saturated carbocycles. The number of aromatic nitrogens is 2. The second-order valence-corrected chi connectivity index (χ2v) is 3.56. The van der Waals surface area contributed by atoms with E-state index in [0.29, 0.717) is 0 Å². The number of hydrogen-bond donors (Lipinski definition) is 1. The first-order valence-electron chi connectivity index (χ1n) is 5.23. The van der Waals surface area contributed by atoms with Crippen molar-refractivity contribution in [2.45, 2.75) is 0 Å². The minimum Gasteiger partial charge on any atom is -0.338 e. The van der Waals surface area contributed by atoms with E-state index >= 15 is 0 Å². The van der Waals surface area contributed by atoms with Gasteiger partial charge in [0.25, 0.3) is 5.69 Å². The van der Waals surface area contributed by atoms with Crippen LogP contribution in [0.3, 0.4) is 0 Å². The predicted octanol–water partition coefficient (Wildman–Crippen LogP) is 1.37. The molecule has 0 amide bonds. The Morgan fingerprint density at radius 3 is 2.52 bits per heavy atom. The van der Waals surface area contributed by atoms with Crippen LogP contribution in [0.25, 0.3) is 11.0 Å². The van der Waals surface area contributed by atoms with Crippen LogP contribution in [0.4, 0.5) is 11.4 Å². The molecule has 21 heavy (non-hydrogen) atoms. The van der Waals surface area contributed by atoms with Gasteiger partial charge in [0.2, 0.25) is 0 Å². The first kappa shape index (κ1) is 13.5. The van der Waals surface area contributed by atoms with E-state index in [1.165, 1.54) is 18.2 Å². The van der Waals surface area contributed by atoms with Crippen molar-refractivity contribution < 1.29 is 9.55 Å². The summed E-state index contributed by atoms with van der Waals surface area (Å²) in [4.78, 5) is 10.3. The number of nitriles is 3. The first-order chi connectivity index (χ1) is 10.1. The lowest BCUT2D eigenvalue weighted by Crippen LogP contribution is -2.04. The van der Waals surface area contributed by atoms with Gasteiger partial charge in [0.1, 0.15) is 35.1 Å². The van der Waals surface area contributed by atoms with Crippen molar-refractivity contribution in [3.8, 4) is 18.2 Å². The summed E-state index contributed by atoms with van der Waals surface area (Å²) >= 11 is 0. The van der Waals surface area contributed by atoms with Crippen molar-refractivity contribution in [1.82, 2.24) is 10.3 Å². The number of nitrogens with one attached hydrogen (secondary N) is 1. The molecule has 0 spiro atoms. The van der Waals surface area contributed by atoms with E-state index in [4.69, 9.17) is 15.8 Å². The van der Waals surface area contributed by atoms with Crippen molar-refractivity contribution in [2.75, 3.05) is 5.32 Å². The normalized spacial score (nSPS) is 9.19. The Morgan fingerprint density at radius 2 is 1.95 bits per heavy atom. The Kier molecular flexibility index (Phi) is 3.43. The molecule has 1 aromatic heterocycles. The molecule has 0 saturated heterocycles. The molecule has 0 atom stereocenters. The highest BCUT2D eigenvalue weighted by molar-refractivity contribution is 5.94. The monoisotopic (exact) mass is 281 g/mol. The van der Waals surface area contributed by atoms with Gasteiger partial charge in [0.15, 0.2) is 11.1 Å². The van der Waals surface area contributed by atoms with Crippen LogP contribution in [0.5, 0.6) is 0 Å². The highest BCUT2D eigenvalue weighted by atomic mass is 16.6. The molecular formula is C11H3N7O3. The minimum absolute atomic E-state index is 0.00665. The maximum atomic E-state index is 11.0. The van der Waals surface area contributed by atoms with Crippen molar-refractivity contribution in [3.63, 3.8) is 0 Å². The van der Waals surface area contributed by atoms with Gasteiger partial charge in [-0.2, -0.15) is 15.8 Å². The molecule has 0 aliphatic carbocycles. The zero-order chi connectivity index (χ0) is 15.4. The van der Waals surface area contributed by atoms with E-state index < -0.39 is 21.9 Å². The Morgan fingerprint density at radius 1 is 1.24 bits per heavy atom. The third kappa shape index (κ3) is 2.30. The summed E-state index contributed by atoms with van der Waals surface area (Å²) in [6, 6.07) is 7.09. The summed E-state index contributed by atoms with van der Waals surface area (Å²) in [6.45, 7) is 0. The maximum Gasteiger partial charge on any atom is 0.295 e. The van der Waals surface area contributed by atoms with Crippen LogP contribution in [0, 0.1) is 44.1 Å². The minimum atomic E-state index is -0.704. The molecule has 2 rings (SSSR count). The Hall–Kier alpha value is -3.97. The van der Waals surface area contributed by atoms with Gasteiger partial charge in [0.05, 0.1) is 4.92 Å². The number of fused-ring (bicyclic) bond motifs is 1. The van der Waals surface area contributed by atoms with E-state index in [2.05, 4.69) is 20.3 Å². The molecule has 10 nitrogen and oxygen atoms in total. The van der Waals surface area contributed by atoms with Crippen molar-refractivity contribution in [2.24, 2.45) is 0 Å². The summed E-state index contributed by atoms with van der Waals surface area (Å²) in [6.07, 6.45) is 0. The fourth-order valence-electron chi connectivity index (χ4n) is 1.52. The van der Waals surface area contributed by atoms with Gasteiger partial charge < -0.3 is 5.32 Å². The van der Waals surface area contributed by atoms with Gasteiger partial charge in [-0.25, -0.2) is 4.63 Å². The van der Waals surface area contributed by atoms with Crippen LogP contribution in [0.2, 0.25) is 0 Å². The average molecular weight is 281 g/mol.